The van der Waals surface area contributed by atoms with Gasteiger partial charge in [-0.3, -0.25) is 0 Å². The molecule has 4 heteroatoms. The third-order valence-electron chi connectivity index (χ3n) is 3.75. The van der Waals surface area contributed by atoms with E-state index in [1.54, 1.807) is 6.26 Å². The number of fused-ring (bicyclic) bond motifs is 1. The third kappa shape index (κ3) is 2.37. The molecule has 4 nitrogen and oxygen atoms in total. The molecule has 0 atom stereocenters. The summed E-state index contributed by atoms with van der Waals surface area (Å²) < 4.78 is 5.00. The van der Waals surface area contributed by atoms with Gasteiger partial charge in [-0.1, -0.05) is 38.1 Å². The van der Waals surface area contributed by atoms with Crippen LogP contribution in [0.25, 0.3) is 22.0 Å². The summed E-state index contributed by atoms with van der Waals surface area (Å²) in [7, 11) is 0. The fraction of sp³-hybridized carbons (Fsp3) is 0.294. The number of anilines is 1. The highest BCUT2D eigenvalue weighted by molar-refractivity contribution is 5.89. The van der Waals surface area contributed by atoms with Crippen molar-refractivity contribution < 1.29 is 4.52 Å². The molecule has 2 aromatic heterocycles. The molecule has 2 N–H and O–H groups in total. The minimum absolute atomic E-state index is 0.0916. The van der Waals surface area contributed by atoms with Gasteiger partial charge in [0.2, 0.25) is 0 Å². The van der Waals surface area contributed by atoms with E-state index in [-0.39, 0.29) is 5.41 Å². The molecule has 0 aliphatic rings. The number of nitrogen functional groups attached to an aromatic ring is 1. The molecule has 0 radical (unpaired) electrons. The van der Waals surface area contributed by atoms with E-state index in [1.807, 2.05) is 13.0 Å². The lowest BCUT2D eigenvalue weighted by molar-refractivity contribution is 0.415. The van der Waals surface area contributed by atoms with Crippen LogP contribution in [-0.2, 0) is 5.41 Å². The van der Waals surface area contributed by atoms with Crippen molar-refractivity contribution >= 4 is 16.7 Å². The van der Waals surface area contributed by atoms with E-state index in [4.69, 9.17) is 10.3 Å². The largest absolute Gasteiger partial charge is 0.383 e. The average molecular weight is 281 g/mol. The maximum atomic E-state index is 6.13. The van der Waals surface area contributed by atoms with Crippen LogP contribution < -0.4 is 5.73 Å². The van der Waals surface area contributed by atoms with Crippen molar-refractivity contribution in [1.82, 2.24) is 10.1 Å². The Hall–Kier alpha value is -2.36. The van der Waals surface area contributed by atoms with E-state index in [0.717, 1.165) is 27.7 Å². The standard InChI is InChI=1S/C17H19N3O/c1-10-14(9-21-20-10)13-7-11-5-6-12(17(2,3)4)8-15(11)19-16(13)18/h5-9H,1-4H3,(H2,18,19). The van der Waals surface area contributed by atoms with Crippen LogP contribution in [0.15, 0.2) is 35.1 Å². The Labute approximate surface area is 124 Å². The van der Waals surface area contributed by atoms with Gasteiger partial charge in [-0.05, 0) is 30.0 Å². The fourth-order valence-electron chi connectivity index (χ4n) is 2.42. The van der Waals surface area contributed by atoms with Crippen molar-refractivity contribution in [1.29, 1.82) is 0 Å². The van der Waals surface area contributed by atoms with Crippen molar-refractivity contribution in [3.05, 3.63) is 41.8 Å². The van der Waals surface area contributed by atoms with Gasteiger partial charge in [0.05, 0.1) is 11.2 Å². The normalized spacial score (nSPS) is 12.0. The summed E-state index contributed by atoms with van der Waals surface area (Å²) in [5, 5.41) is 4.97. The molecule has 0 spiro atoms. The smallest absolute Gasteiger partial charge is 0.132 e. The lowest BCUT2D eigenvalue weighted by atomic mass is 9.86. The SMILES string of the molecule is Cc1nocc1-c1cc2ccc(C(C)(C)C)cc2nc1N. The molecule has 0 bridgehead atoms. The number of hydrogen-bond acceptors (Lipinski definition) is 4. The molecule has 108 valence electrons. The second-order valence-electron chi connectivity index (χ2n) is 6.39. The number of hydrogen-bond donors (Lipinski definition) is 1. The van der Waals surface area contributed by atoms with Crippen molar-refractivity contribution in [2.24, 2.45) is 0 Å². The average Bonchev–Trinajstić information content (AvgIpc) is 2.82. The van der Waals surface area contributed by atoms with Gasteiger partial charge in [-0.15, -0.1) is 0 Å². The van der Waals surface area contributed by atoms with Gasteiger partial charge in [0.25, 0.3) is 0 Å². The van der Waals surface area contributed by atoms with Crippen LogP contribution in [0.5, 0.6) is 0 Å². The number of aromatic nitrogens is 2. The summed E-state index contributed by atoms with van der Waals surface area (Å²) in [6.07, 6.45) is 1.61. The first kappa shape index (κ1) is 13.6. The Balaban J connectivity index is 2.20. The van der Waals surface area contributed by atoms with Crippen molar-refractivity contribution in [3.8, 4) is 11.1 Å². The molecule has 0 aliphatic heterocycles. The van der Waals surface area contributed by atoms with Crippen molar-refractivity contribution in [3.63, 3.8) is 0 Å². The first-order valence-electron chi connectivity index (χ1n) is 6.98. The predicted molar refractivity (Wildman–Crippen MR) is 85.1 cm³/mol. The van der Waals surface area contributed by atoms with Crippen molar-refractivity contribution in [2.75, 3.05) is 5.73 Å². The molecule has 2 heterocycles. The highest BCUT2D eigenvalue weighted by atomic mass is 16.5. The molecule has 0 amide bonds. The first-order chi connectivity index (χ1) is 9.86. The molecule has 0 unspecified atom stereocenters. The molecule has 21 heavy (non-hydrogen) atoms. The fourth-order valence-corrected chi connectivity index (χ4v) is 2.42. The van der Waals surface area contributed by atoms with Gasteiger partial charge in [0.1, 0.15) is 12.1 Å². The Morgan fingerprint density at radius 3 is 2.48 bits per heavy atom. The van der Waals surface area contributed by atoms with Gasteiger partial charge >= 0.3 is 0 Å². The summed E-state index contributed by atoms with van der Waals surface area (Å²) in [5.74, 6) is 0.500. The molecule has 0 aliphatic carbocycles. The van der Waals surface area contributed by atoms with Crippen molar-refractivity contribution in [2.45, 2.75) is 33.1 Å². The van der Waals surface area contributed by atoms with Gasteiger partial charge in [-0.2, -0.15) is 0 Å². The van der Waals surface area contributed by atoms with E-state index in [1.165, 1.54) is 5.56 Å². The van der Waals surface area contributed by atoms with Gasteiger partial charge in [0, 0.05) is 16.5 Å². The number of nitrogens with zero attached hydrogens (tertiary/aromatic N) is 2. The lowest BCUT2D eigenvalue weighted by Gasteiger charge is -2.19. The zero-order valence-corrected chi connectivity index (χ0v) is 12.8. The maximum Gasteiger partial charge on any atom is 0.132 e. The summed E-state index contributed by atoms with van der Waals surface area (Å²) >= 11 is 0. The van der Waals surface area contributed by atoms with Crippen LogP contribution in [0.3, 0.4) is 0 Å². The van der Waals surface area contributed by atoms with E-state index in [9.17, 15) is 0 Å². The van der Waals surface area contributed by atoms with E-state index in [2.05, 4.69) is 49.1 Å². The summed E-state index contributed by atoms with van der Waals surface area (Å²) in [4.78, 5) is 4.56. The Morgan fingerprint density at radius 1 is 1.10 bits per heavy atom. The van der Waals surface area contributed by atoms with Gasteiger partial charge in [0.15, 0.2) is 0 Å². The Bertz CT molecular complexity index is 813. The van der Waals surface area contributed by atoms with E-state index >= 15 is 0 Å². The quantitative estimate of drug-likeness (QED) is 0.730. The lowest BCUT2D eigenvalue weighted by Crippen LogP contribution is -2.10. The third-order valence-corrected chi connectivity index (χ3v) is 3.75. The summed E-state index contributed by atoms with van der Waals surface area (Å²) in [6, 6.07) is 8.39. The predicted octanol–water partition coefficient (Wildman–Crippen LogP) is 4.08. The molecule has 0 saturated heterocycles. The molecular weight excluding hydrogens is 262 g/mol. The van der Waals surface area contributed by atoms with Gasteiger partial charge in [-0.25, -0.2) is 4.98 Å². The number of rotatable bonds is 1. The number of nitrogens with two attached hydrogens (primary N) is 1. The topological polar surface area (TPSA) is 64.9 Å². The maximum absolute atomic E-state index is 6.13. The van der Waals surface area contributed by atoms with E-state index in [0.29, 0.717) is 5.82 Å². The van der Waals surface area contributed by atoms with E-state index < -0.39 is 0 Å². The molecular formula is C17H19N3O. The summed E-state index contributed by atoms with van der Waals surface area (Å²) in [5.41, 5.74) is 10.9. The Kier molecular flexibility index (Phi) is 2.97. The number of benzene rings is 1. The zero-order chi connectivity index (χ0) is 15.2. The molecule has 0 saturated carbocycles. The summed E-state index contributed by atoms with van der Waals surface area (Å²) in [6.45, 7) is 8.45. The first-order valence-corrected chi connectivity index (χ1v) is 6.98. The molecule has 3 aromatic rings. The second kappa shape index (κ2) is 4.58. The molecule has 3 rings (SSSR count). The Morgan fingerprint density at radius 2 is 1.86 bits per heavy atom. The van der Waals surface area contributed by atoms with Crippen LogP contribution in [0.2, 0.25) is 0 Å². The molecule has 1 aromatic carbocycles. The monoisotopic (exact) mass is 281 g/mol. The number of pyridine rings is 1. The van der Waals surface area contributed by atoms with Crippen LogP contribution in [-0.4, -0.2) is 10.1 Å². The number of aryl methyl sites for hydroxylation is 1. The van der Waals surface area contributed by atoms with Gasteiger partial charge < -0.3 is 10.3 Å². The minimum atomic E-state index is 0.0916. The highest BCUT2D eigenvalue weighted by Crippen LogP contribution is 2.32. The minimum Gasteiger partial charge on any atom is -0.383 e. The van der Waals surface area contributed by atoms with Crippen LogP contribution >= 0.6 is 0 Å². The van der Waals surface area contributed by atoms with Crippen LogP contribution in [0.1, 0.15) is 32.0 Å². The van der Waals surface area contributed by atoms with Crippen LogP contribution in [0, 0.1) is 6.92 Å². The highest BCUT2D eigenvalue weighted by Gasteiger charge is 2.16. The zero-order valence-electron chi connectivity index (χ0n) is 12.8. The molecule has 0 fully saturated rings. The van der Waals surface area contributed by atoms with Crippen LogP contribution in [0.4, 0.5) is 5.82 Å². The second-order valence-corrected chi connectivity index (χ2v) is 6.39.